The molecule has 5 nitrogen and oxygen atoms in total. The second kappa shape index (κ2) is 6.47. The molecular weight excluding hydrogens is 286 g/mol. The van der Waals surface area contributed by atoms with Gasteiger partial charge in [0, 0.05) is 5.02 Å². The Balaban J connectivity index is 3.03. The second-order valence-electron chi connectivity index (χ2n) is 4.69. The standard InChI is InChI=1S/C12H18ClN3O2S/c1-8(2)6-11(14)12(17)16-19(15,18)10-5-3-4-9(13)7-10/h3-5,7-8,11H,6,14H2,1-2H3,(H2,15,16,17,18)/t11-,19?/m0/s1. The number of rotatable bonds is 4. The SMILES string of the molecule is CC(C)C[C@H](N)C(=O)N=S(N)(=O)c1cccc(Cl)c1. The summed E-state index contributed by atoms with van der Waals surface area (Å²) in [5.74, 6) is -0.407. The molecule has 1 aromatic carbocycles. The molecule has 1 aromatic rings. The van der Waals surface area contributed by atoms with Gasteiger partial charge in [-0.3, -0.25) is 4.79 Å². The van der Waals surface area contributed by atoms with Crippen LogP contribution in [-0.2, 0) is 14.7 Å². The van der Waals surface area contributed by atoms with Crippen molar-refractivity contribution in [2.75, 3.05) is 0 Å². The Labute approximate surface area is 118 Å². The van der Waals surface area contributed by atoms with Crippen molar-refractivity contribution in [3.8, 4) is 0 Å². The van der Waals surface area contributed by atoms with E-state index in [-0.39, 0.29) is 10.8 Å². The van der Waals surface area contributed by atoms with Crippen LogP contribution in [0, 0.1) is 5.92 Å². The van der Waals surface area contributed by atoms with Crippen LogP contribution in [0.25, 0.3) is 0 Å². The number of nitrogens with two attached hydrogens (primary N) is 2. The molecule has 2 atom stereocenters. The lowest BCUT2D eigenvalue weighted by Gasteiger charge is -2.11. The average Bonchev–Trinajstić information content (AvgIpc) is 2.27. The van der Waals surface area contributed by atoms with Crippen LogP contribution in [0.4, 0.5) is 0 Å². The predicted molar refractivity (Wildman–Crippen MR) is 76.9 cm³/mol. The minimum atomic E-state index is -3.30. The van der Waals surface area contributed by atoms with Gasteiger partial charge in [-0.1, -0.05) is 31.5 Å². The van der Waals surface area contributed by atoms with Crippen LogP contribution in [-0.4, -0.2) is 16.2 Å². The Bertz CT molecular complexity index is 580. The zero-order valence-corrected chi connectivity index (χ0v) is 12.4. The van der Waals surface area contributed by atoms with E-state index in [4.69, 9.17) is 22.5 Å². The van der Waals surface area contributed by atoms with Gasteiger partial charge in [0.15, 0.2) is 0 Å². The second-order valence-corrected chi connectivity index (χ2v) is 6.92. The van der Waals surface area contributed by atoms with Gasteiger partial charge in [0.1, 0.15) is 9.92 Å². The van der Waals surface area contributed by atoms with E-state index in [0.717, 1.165) is 0 Å². The number of amides is 1. The summed E-state index contributed by atoms with van der Waals surface area (Å²) in [6.45, 7) is 3.87. The number of benzene rings is 1. The van der Waals surface area contributed by atoms with Crippen LogP contribution in [0.3, 0.4) is 0 Å². The molecule has 1 unspecified atom stereocenters. The Hall–Kier alpha value is -0.950. The monoisotopic (exact) mass is 303 g/mol. The molecule has 4 N–H and O–H groups in total. The first-order valence-corrected chi connectivity index (χ1v) is 7.78. The van der Waals surface area contributed by atoms with Gasteiger partial charge in [-0.2, -0.15) is 0 Å². The van der Waals surface area contributed by atoms with E-state index in [9.17, 15) is 9.00 Å². The summed E-state index contributed by atoms with van der Waals surface area (Å²) in [6, 6.07) is 5.36. The first-order valence-electron chi connectivity index (χ1n) is 5.82. The van der Waals surface area contributed by atoms with Crippen molar-refractivity contribution in [3.63, 3.8) is 0 Å². The maximum atomic E-state index is 12.2. The highest BCUT2D eigenvalue weighted by molar-refractivity contribution is 7.91. The van der Waals surface area contributed by atoms with Gasteiger partial charge in [0.25, 0.3) is 5.91 Å². The van der Waals surface area contributed by atoms with Crippen molar-refractivity contribution in [2.24, 2.45) is 21.2 Å². The van der Waals surface area contributed by atoms with Gasteiger partial charge in [-0.05, 0) is 30.5 Å². The third kappa shape index (κ3) is 4.91. The van der Waals surface area contributed by atoms with Crippen molar-refractivity contribution >= 4 is 27.4 Å². The molecule has 0 bridgehead atoms. The van der Waals surface area contributed by atoms with E-state index in [1.165, 1.54) is 12.1 Å². The van der Waals surface area contributed by atoms with Crippen LogP contribution in [0.15, 0.2) is 33.5 Å². The van der Waals surface area contributed by atoms with Crippen molar-refractivity contribution in [1.82, 2.24) is 0 Å². The molecule has 0 aliphatic carbocycles. The van der Waals surface area contributed by atoms with Gasteiger partial charge in [0.2, 0.25) is 0 Å². The molecule has 1 amide bonds. The third-order valence-corrected chi connectivity index (χ3v) is 4.02. The molecule has 0 saturated carbocycles. The molecule has 0 aromatic heterocycles. The first-order chi connectivity index (χ1) is 8.72. The largest absolute Gasteiger partial charge is 0.320 e. The summed E-state index contributed by atoms with van der Waals surface area (Å²) in [5, 5.41) is 5.98. The molecule has 0 heterocycles. The van der Waals surface area contributed by atoms with Crippen LogP contribution < -0.4 is 10.9 Å². The van der Waals surface area contributed by atoms with Gasteiger partial charge < -0.3 is 5.73 Å². The summed E-state index contributed by atoms with van der Waals surface area (Å²) < 4.78 is 15.8. The van der Waals surface area contributed by atoms with E-state index < -0.39 is 21.9 Å². The van der Waals surface area contributed by atoms with Gasteiger partial charge in [0.05, 0.1) is 10.9 Å². The van der Waals surface area contributed by atoms with Crippen molar-refractivity contribution in [3.05, 3.63) is 29.3 Å². The average molecular weight is 304 g/mol. The number of hydrogen-bond acceptors (Lipinski definition) is 3. The minimum Gasteiger partial charge on any atom is -0.320 e. The summed E-state index contributed by atoms with van der Waals surface area (Å²) in [6.07, 6.45) is 0.466. The molecular formula is C12H18ClN3O2S. The van der Waals surface area contributed by atoms with Crippen LogP contribution in [0.2, 0.25) is 5.02 Å². The fourth-order valence-electron chi connectivity index (χ4n) is 1.51. The molecule has 106 valence electrons. The van der Waals surface area contributed by atoms with E-state index in [1.54, 1.807) is 12.1 Å². The Morgan fingerprint density at radius 2 is 2.11 bits per heavy atom. The highest BCUT2D eigenvalue weighted by atomic mass is 35.5. The fraction of sp³-hybridized carbons (Fsp3) is 0.417. The normalized spacial score (nSPS) is 15.9. The van der Waals surface area contributed by atoms with Crippen LogP contribution >= 0.6 is 11.6 Å². The van der Waals surface area contributed by atoms with Gasteiger partial charge in [-0.15, -0.1) is 4.36 Å². The summed E-state index contributed by atoms with van der Waals surface area (Å²) in [4.78, 5) is 12.0. The summed E-state index contributed by atoms with van der Waals surface area (Å²) >= 11 is 5.79. The Kier molecular flexibility index (Phi) is 5.49. The molecule has 7 heteroatoms. The third-order valence-electron chi connectivity index (χ3n) is 2.40. The number of halogens is 1. The lowest BCUT2D eigenvalue weighted by molar-refractivity contribution is -0.119. The summed E-state index contributed by atoms with van der Waals surface area (Å²) in [7, 11) is -3.30. The molecule has 0 saturated heterocycles. The summed E-state index contributed by atoms with van der Waals surface area (Å²) in [5.41, 5.74) is 5.68. The van der Waals surface area contributed by atoms with Crippen molar-refractivity contribution < 1.29 is 9.00 Å². The van der Waals surface area contributed by atoms with E-state index in [1.807, 2.05) is 13.8 Å². The fourth-order valence-corrected chi connectivity index (χ4v) is 2.84. The smallest absolute Gasteiger partial charge is 0.271 e. The van der Waals surface area contributed by atoms with Crippen LogP contribution in [0.5, 0.6) is 0 Å². The molecule has 0 aliphatic heterocycles. The van der Waals surface area contributed by atoms with Gasteiger partial charge in [-0.25, -0.2) is 9.35 Å². The Morgan fingerprint density at radius 1 is 1.47 bits per heavy atom. The molecule has 0 fully saturated rings. The van der Waals surface area contributed by atoms with E-state index in [2.05, 4.69) is 4.36 Å². The minimum absolute atomic E-state index is 0.213. The van der Waals surface area contributed by atoms with E-state index in [0.29, 0.717) is 11.4 Å². The predicted octanol–water partition coefficient (Wildman–Crippen LogP) is 1.94. The molecule has 19 heavy (non-hydrogen) atoms. The molecule has 0 spiro atoms. The zero-order chi connectivity index (χ0) is 14.6. The number of nitrogens with zero attached hydrogens (tertiary/aromatic N) is 1. The Morgan fingerprint density at radius 3 is 2.63 bits per heavy atom. The van der Waals surface area contributed by atoms with Crippen LogP contribution in [0.1, 0.15) is 20.3 Å². The number of hydrogen-bond donors (Lipinski definition) is 2. The lowest BCUT2D eigenvalue weighted by Crippen LogP contribution is -2.32. The molecule has 0 aliphatic rings. The van der Waals surface area contributed by atoms with Gasteiger partial charge >= 0.3 is 0 Å². The topological polar surface area (TPSA) is 98.5 Å². The maximum absolute atomic E-state index is 12.2. The first kappa shape index (κ1) is 16.1. The lowest BCUT2D eigenvalue weighted by atomic mass is 10.0. The quantitative estimate of drug-likeness (QED) is 0.889. The number of carbonyl (C=O) groups is 1. The highest BCUT2D eigenvalue weighted by Gasteiger charge is 2.17. The highest BCUT2D eigenvalue weighted by Crippen LogP contribution is 2.16. The molecule has 1 rings (SSSR count). The molecule has 0 radical (unpaired) electrons. The maximum Gasteiger partial charge on any atom is 0.271 e. The van der Waals surface area contributed by atoms with Crippen molar-refractivity contribution in [2.45, 2.75) is 31.2 Å². The van der Waals surface area contributed by atoms with Crippen molar-refractivity contribution in [1.29, 1.82) is 0 Å². The zero-order valence-electron chi connectivity index (χ0n) is 10.9. The van der Waals surface area contributed by atoms with E-state index >= 15 is 0 Å². The number of carbonyl (C=O) groups excluding carboxylic acids is 1.